The van der Waals surface area contributed by atoms with E-state index in [1.807, 2.05) is 26.0 Å². The molecule has 3 N–H and O–H groups in total. The molecule has 98 valence electrons. The fourth-order valence-corrected chi connectivity index (χ4v) is 2.05. The maximum Gasteiger partial charge on any atom is 0.255 e. The first-order valence-corrected chi connectivity index (χ1v) is 6.28. The number of nitrogens with one attached hydrogen (secondary N) is 1. The second kappa shape index (κ2) is 5.33. The second-order valence-corrected chi connectivity index (χ2v) is 4.97. The lowest BCUT2D eigenvalue weighted by molar-refractivity contribution is 0.102. The molecule has 0 aliphatic rings. The zero-order valence-corrected chi connectivity index (χ0v) is 11.6. The molecule has 0 atom stereocenters. The van der Waals surface area contributed by atoms with E-state index in [2.05, 4.69) is 11.4 Å². The lowest BCUT2D eigenvalue weighted by atomic mass is 10.1. The Labute approximate surface area is 117 Å². The van der Waals surface area contributed by atoms with E-state index in [0.717, 1.165) is 16.8 Å². The minimum atomic E-state index is -0.201. The van der Waals surface area contributed by atoms with E-state index >= 15 is 0 Å². The van der Waals surface area contributed by atoms with Crippen molar-refractivity contribution in [2.75, 3.05) is 11.1 Å². The van der Waals surface area contributed by atoms with Crippen LogP contribution in [0, 0.1) is 13.8 Å². The maximum atomic E-state index is 12.1. The molecule has 1 amide bonds. The van der Waals surface area contributed by atoms with Gasteiger partial charge >= 0.3 is 0 Å². The quantitative estimate of drug-likeness (QED) is 0.819. The Kier molecular flexibility index (Phi) is 3.76. The predicted octanol–water partition coefficient (Wildman–Crippen LogP) is 3.79. The number of rotatable bonds is 2. The van der Waals surface area contributed by atoms with Crippen LogP contribution in [0.2, 0.25) is 5.02 Å². The SMILES string of the molecule is Cc1cc(C)cc(NC(=O)c2ccc(Cl)c(N)c2)c1. The Balaban J connectivity index is 2.22. The van der Waals surface area contributed by atoms with E-state index in [9.17, 15) is 4.79 Å². The van der Waals surface area contributed by atoms with Gasteiger partial charge in [-0.05, 0) is 55.3 Å². The van der Waals surface area contributed by atoms with Crippen LogP contribution in [0.25, 0.3) is 0 Å². The summed E-state index contributed by atoms with van der Waals surface area (Å²) >= 11 is 5.83. The Morgan fingerprint density at radius 3 is 2.32 bits per heavy atom. The van der Waals surface area contributed by atoms with Gasteiger partial charge in [0.05, 0.1) is 10.7 Å². The monoisotopic (exact) mass is 274 g/mol. The first kappa shape index (κ1) is 13.4. The number of nitrogen functional groups attached to an aromatic ring is 1. The fraction of sp³-hybridized carbons (Fsp3) is 0.133. The molecule has 2 aromatic rings. The van der Waals surface area contributed by atoms with Crippen LogP contribution in [0.1, 0.15) is 21.5 Å². The van der Waals surface area contributed by atoms with Crippen molar-refractivity contribution in [1.82, 2.24) is 0 Å². The van der Waals surface area contributed by atoms with Crippen LogP contribution < -0.4 is 11.1 Å². The summed E-state index contributed by atoms with van der Waals surface area (Å²) in [5.74, 6) is -0.201. The zero-order valence-electron chi connectivity index (χ0n) is 10.8. The van der Waals surface area contributed by atoms with Gasteiger partial charge < -0.3 is 11.1 Å². The predicted molar refractivity (Wildman–Crippen MR) is 79.7 cm³/mol. The van der Waals surface area contributed by atoms with Crippen molar-refractivity contribution in [3.05, 3.63) is 58.1 Å². The normalized spacial score (nSPS) is 10.3. The van der Waals surface area contributed by atoms with Gasteiger partial charge in [-0.1, -0.05) is 17.7 Å². The molecule has 0 radical (unpaired) electrons. The molecule has 0 fully saturated rings. The van der Waals surface area contributed by atoms with Crippen molar-refractivity contribution < 1.29 is 4.79 Å². The molecule has 0 aliphatic heterocycles. The number of amides is 1. The summed E-state index contributed by atoms with van der Waals surface area (Å²) < 4.78 is 0. The Hall–Kier alpha value is -2.00. The first-order chi connectivity index (χ1) is 8.95. The second-order valence-electron chi connectivity index (χ2n) is 4.57. The molecule has 0 aromatic heterocycles. The van der Waals surface area contributed by atoms with E-state index in [4.69, 9.17) is 17.3 Å². The van der Waals surface area contributed by atoms with E-state index in [1.165, 1.54) is 0 Å². The summed E-state index contributed by atoms with van der Waals surface area (Å²) in [5, 5.41) is 3.30. The van der Waals surface area contributed by atoms with Gasteiger partial charge in [0.2, 0.25) is 0 Å². The van der Waals surface area contributed by atoms with Crippen LogP contribution in [0.3, 0.4) is 0 Å². The lowest BCUT2D eigenvalue weighted by Gasteiger charge is -2.08. The molecule has 4 heteroatoms. The molecular weight excluding hydrogens is 260 g/mol. The summed E-state index contributed by atoms with van der Waals surface area (Å²) in [6.45, 7) is 3.98. The average Bonchev–Trinajstić information content (AvgIpc) is 2.31. The summed E-state index contributed by atoms with van der Waals surface area (Å²) in [6.07, 6.45) is 0. The molecule has 0 saturated heterocycles. The topological polar surface area (TPSA) is 55.1 Å². The molecule has 0 heterocycles. The number of halogens is 1. The molecule has 0 aliphatic carbocycles. The van der Waals surface area contributed by atoms with Crippen molar-refractivity contribution in [1.29, 1.82) is 0 Å². The van der Waals surface area contributed by atoms with Crippen molar-refractivity contribution >= 4 is 28.9 Å². The minimum Gasteiger partial charge on any atom is -0.398 e. The van der Waals surface area contributed by atoms with Crippen LogP contribution in [0.15, 0.2) is 36.4 Å². The number of carbonyl (C=O) groups is 1. The number of carbonyl (C=O) groups excluding carboxylic acids is 1. The third kappa shape index (κ3) is 3.26. The van der Waals surface area contributed by atoms with E-state index in [0.29, 0.717) is 16.3 Å². The highest BCUT2D eigenvalue weighted by atomic mass is 35.5. The van der Waals surface area contributed by atoms with Crippen molar-refractivity contribution in [2.45, 2.75) is 13.8 Å². The van der Waals surface area contributed by atoms with Gasteiger partial charge in [-0.2, -0.15) is 0 Å². The standard InChI is InChI=1S/C15H15ClN2O/c1-9-5-10(2)7-12(6-9)18-15(19)11-3-4-13(16)14(17)8-11/h3-8H,17H2,1-2H3,(H,18,19). The first-order valence-electron chi connectivity index (χ1n) is 5.90. The maximum absolute atomic E-state index is 12.1. The van der Waals surface area contributed by atoms with Gasteiger partial charge in [-0.25, -0.2) is 0 Å². The van der Waals surface area contributed by atoms with E-state index < -0.39 is 0 Å². The van der Waals surface area contributed by atoms with Crippen molar-refractivity contribution in [3.63, 3.8) is 0 Å². The molecular formula is C15H15ClN2O. The third-order valence-corrected chi connectivity index (χ3v) is 3.08. The van der Waals surface area contributed by atoms with Gasteiger partial charge in [0.15, 0.2) is 0 Å². The molecule has 0 bridgehead atoms. The van der Waals surface area contributed by atoms with Crippen LogP contribution in [-0.4, -0.2) is 5.91 Å². The van der Waals surface area contributed by atoms with Gasteiger partial charge in [0.1, 0.15) is 0 Å². The van der Waals surface area contributed by atoms with Gasteiger partial charge in [0, 0.05) is 11.3 Å². The molecule has 0 saturated carbocycles. The van der Waals surface area contributed by atoms with E-state index in [1.54, 1.807) is 18.2 Å². The Bertz CT molecular complexity index is 618. The summed E-state index contributed by atoms with van der Waals surface area (Å²) in [6, 6.07) is 10.7. The summed E-state index contributed by atoms with van der Waals surface area (Å²) in [5.41, 5.74) is 9.55. The number of anilines is 2. The smallest absolute Gasteiger partial charge is 0.255 e. The minimum absolute atomic E-state index is 0.201. The van der Waals surface area contributed by atoms with Crippen LogP contribution in [-0.2, 0) is 0 Å². The zero-order chi connectivity index (χ0) is 14.0. The highest BCUT2D eigenvalue weighted by Gasteiger charge is 2.08. The average molecular weight is 275 g/mol. The third-order valence-electron chi connectivity index (χ3n) is 2.74. The largest absolute Gasteiger partial charge is 0.398 e. The van der Waals surface area contributed by atoms with Crippen molar-refractivity contribution in [3.8, 4) is 0 Å². The number of hydrogen-bond acceptors (Lipinski definition) is 2. The molecule has 2 rings (SSSR count). The number of hydrogen-bond donors (Lipinski definition) is 2. The lowest BCUT2D eigenvalue weighted by Crippen LogP contribution is -2.12. The molecule has 0 spiro atoms. The summed E-state index contributed by atoms with van der Waals surface area (Å²) in [4.78, 5) is 12.1. The fourth-order valence-electron chi connectivity index (χ4n) is 1.94. The van der Waals surface area contributed by atoms with Gasteiger partial charge in [-0.3, -0.25) is 4.79 Å². The van der Waals surface area contributed by atoms with E-state index in [-0.39, 0.29) is 5.91 Å². The van der Waals surface area contributed by atoms with Crippen LogP contribution in [0.5, 0.6) is 0 Å². The van der Waals surface area contributed by atoms with Crippen LogP contribution >= 0.6 is 11.6 Å². The molecule has 2 aromatic carbocycles. The number of benzene rings is 2. The number of nitrogens with two attached hydrogens (primary N) is 1. The van der Waals surface area contributed by atoms with Gasteiger partial charge in [-0.15, -0.1) is 0 Å². The number of aryl methyl sites for hydroxylation is 2. The van der Waals surface area contributed by atoms with Crippen molar-refractivity contribution in [2.24, 2.45) is 0 Å². The van der Waals surface area contributed by atoms with Crippen LogP contribution in [0.4, 0.5) is 11.4 Å². The summed E-state index contributed by atoms with van der Waals surface area (Å²) in [7, 11) is 0. The molecule has 3 nitrogen and oxygen atoms in total. The highest BCUT2D eigenvalue weighted by Crippen LogP contribution is 2.21. The Morgan fingerprint density at radius 2 is 1.74 bits per heavy atom. The highest BCUT2D eigenvalue weighted by molar-refractivity contribution is 6.33. The van der Waals surface area contributed by atoms with Gasteiger partial charge in [0.25, 0.3) is 5.91 Å². The molecule has 19 heavy (non-hydrogen) atoms. The molecule has 0 unspecified atom stereocenters. The Morgan fingerprint density at radius 1 is 1.11 bits per heavy atom.